The zero-order chi connectivity index (χ0) is 21.1. The van der Waals surface area contributed by atoms with E-state index in [9.17, 15) is 4.79 Å². The maximum Gasteiger partial charge on any atom is 0.255 e. The fraction of sp³-hybridized carbons (Fsp3) is 0.0870. The molecule has 0 fully saturated rings. The number of aromatic nitrogens is 2. The van der Waals surface area contributed by atoms with Crippen LogP contribution in [0.25, 0.3) is 11.0 Å². The zero-order valence-electron chi connectivity index (χ0n) is 16.2. The van der Waals surface area contributed by atoms with E-state index < -0.39 is 0 Å². The number of anilines is 2. The Kier molecular flexibility index (Phi) is 5.38. The van der Waals surface area contributed by atoms with E-state index in [1.807, 2.05) is 29.8 Å². The number of imidazole rings is 1. The molecule has 0 atom stereocenters. The lowest BCUT2D eigenvalue weighted by Crippen LogP contribution is -2.11. The van der Waals surface area contributed by atoms with Gasteiger partial charge in [-0.25, -0.2) is 4.98 Å². The molecule has 0 aliphatic heterocycles. The maximum atomic E-state index is 12.6. The monoisotopic (exact) mass is 415 g/mol. The molecule has 6 nitrogen and oxygen atoms in total. The zero-order valence-corrected chi connectivity index (χ0v) is 16.9. The average molecular weight is 416 g/mol. The molecule has 1 heterocycles. The highest BCUT2D eigenvalue weighted by Crippen LogP contribution is 2.20. The number of rotatable bonds is 5. The van der Waals surface area contributed by atoms with E-state index in [1.54, 1.807) is 48.5 Å². The molecule has 0 spiro atoms. The summed E-state index contributed by atoms with van der Waals surface area (Å²) in [4.78, 5) is 17.3. The van der Waals surface area contributed by atoms with Gasteiger partial charge in [-0.15, -0.1) is 0 Å². The quantitative estimate of drug-likeness (QED) is 0.482. The number of nitrogens with zero attached hydrogens (tertiary/aromatic N) is 3. The van der Waals surface area contributed by atoms with Crippen LogP contribution < -0.4 is 10.6 Å². The second-order valence-corrected chi connectivity index (χ2v) is 7.23. The Labute approximate surface area is 178 Å². The third kappa shape index (κ3) is 4.12. The molecule has 0 unspecified atom stereocenters. The topological polar surface area (TPSA) is 82.7 Å². The van der Waals surface area contributed by atoms with Gasteiger partial charge in [0.2, 0.25) is 0 Å². The molecular weight excluding hydrogens is 398 g/mol. The van der Waals surface area contributed by atoms with Crippen molar-refractivity contribution in [3.05, 3.63) is 88.7 Å². The van der Waals surface area contributed by atoms with Crippen LogP contribution in [0.4, 0.5) is 11.4 Å². The minimum absolute atomic E-state index is 0.220. The molecule has 148 valence electrons. The Morgan fingerprint density at radius 3 is 2.63 bits per heavy atom. The summed E-state index contributed by atoms with van der Waals surface area (Å²) in [5.41, 5.74) is 4.36. The molecule has 0 saturated heterocycles. The normalized spacial score (nSPS) is 10.6. The molecule has 3 aromatic carbocycles. The first-order valence-corrected chi connectivity index (χ1v) is 9.67. The largest absolute Gasteiger partial charge is 0.378 e. The average Bonchev–Trinajstić information content (AvgIpc) is 3.07. The SMILES string of the molecule is Cn1c(CNc2ccc(C#N)cc2)nc2cc(C(=O)Nc3cccc(Cl)c3)ccc21. The summed E-state index contributed by atoms with van der Waals surface area (Å²) in [6, 6.07) is 21.8. The van der Waals surface area contributed by atoms with Gasteiger partial charge < -0.3 is 15.2 Å². The molecule has 1 aromatic heterocycles. The van der Waals surface area contributed by atoms with Crippen molar-refractivity contribution >= 4 is 39.9 Å². The summed E-state index contributed by atoms with van der Waals surface area (Å²) in [6.45, 7) is 0.515. The summed E-state index contributed by atoms with van der Waals surface area (Å²) in [5.74, 6) is 0.615. The van der Waals surface area contributed by atoms with Crippen molar-refractivity contribution in [2.45, 2.75) is 6.54 Å². The van der Waals surface area contributed by atoms with Gasteiger partial charge in [0.15, 0.2) is 0 Å². The molecule has 0 aliphatic carbocycles. The highest BCUT2D eigenvalue weighted by molar-refractivity contribution is 6.31. The Hall–Kier alpha value is -3.82. The van der Waals surface area contributed by atoms with E-state index in [1.165, 1.54) is 0 Å². The predicted molar refractivity (Wildman–Crippen MR) is 119 cm³/mol. The van der Waals surface area contributed by atoms with Gasteiger partial charge in [-0.2, -0.15) is 5.26 Å². The molecule has 7 heteroatoms. The number of aryl methyl sites for hydroxylation is 1. The smallest absolute Gasteiger partial charge is 0.255 e. The van der Waals surface area contributed by atoms with Crippen LogP contribution in [0.15, 0.2) is 66.7 Å². The van der Waals surface area contributed by atoms with Gasteiger partial charge in [-0.3, -0.25) is 4.79 Å². The lowest BCUT2D eigenvalue weighted by Gasteiger charge is -2.07. The summed E-state index contributed by atoms with van der Waals surface area (Å²) >= 11 is 5.98. The van der Waals surface area contributed by atoms with E-state index in [4.69, 9.17) is 16.9 Å². The Morgan fingerprint density at radius 2 is 1.90 bits per heavy atom. The molecule has 4 aromatic rings. The molecule has 0 radical (unpaired) electrons. The molecule has 1 amide bonds. The number of nitriles is 1. The van der Waals surface area contributed by atoms with Crippen LogP contribution in [0, 0.1) is 11.3 Å². The van der Waals surface area contributed by atoms with Crippen molar-refractivity contribution in [3.63, 3.8) is 0 Å². The highest BCUT2D eigenvalue weighted by Gasteiger charge is 2.12. The van der Waals surface area contributed by atoms with E-state index in [-0.39, 0.29) is 5.91 Å². The Morgan fingerprint density at radius 1 is 1.10 bits per heavy atom. The maximum absolute atomic E-state index is 12.6. The second-order valence-electron chi connectivity index (χ2n) is 6.80. The first-order chi connectivity index (χ1) is 14.5. The standard InChI is InChI=1S/C23H18ClN5O/c1-29-21-10-7-16(23(30)27-19-4-2-3-17(24)12-19)11-20(21)28-22(29)14-26-18-8-5-15(13-25)6-9-18/h2-12,26H,14H2,1H3,(H,27,30). The third-order valence-electron chi connectivity index (χ3n) is 4.78. The molecule has 0 bridgehead atoms. The summed E-state index contributed by atoms with van der Waals surface area (Å²) < 4.78 is 1.99. The van der Waals surface area contributed by atoms with Crippen molar-refractivity contribution in [2.24, 2.45) is 7.05 Å². The number of carbonyl (C=O) groups excluding carboxylic acids is 1. The number of hydrogen-bond acceptors (Lipinski definition) is 4. The lowest BCUT2D eigenvalue weighted by atomic mass is 10.2. The molecular formula is C23H18ClN5O. The number of hydrogen-bond donors (Lipinski definition) is 2. The molecule has 30 heavy (non-hydrogen) atoms. The van der Waals surface area contributed by atoms with Crippen LogP contribution in [0.1, 0.15) is 21.7 Å². The van der Waals surface area contributed by atoms with Gasteiger partial charge in [-0.1, -0.05) is 17.7 Å². The van der Waals surface area contributed by atoms with Gasteiger partial charge in [-0.05, 0) is 60.7 Å². The van der Waals surface area contributed by atoms with Crippen LogP contribution in [-0.4, -0.2) is 15.5 Å². The molecule has 0 aliphatic rings. The summed E-state index contributed by atoms with van der Waals surface area (Å²) in [6.07, 6.45) is 0. The van der Waals surface area contributed by atoms with Gasteiger partial charge in [0.25, 0.3) is 5.91 Å². The van der Waals surface area contributed by atoms with Crippen LogP contribution in [0.5, 0.6) is 0 Å². The van der Waals surface area contributed by atoms with Crippen molar-refractivity contribution < 1.29 is 4.79 Å². The van der Waals surface area contributed by atoms with Gasteiger partial charge in [0.05, 0.1) is 29.2 Å². The van der Waals surface area contributed by atoms with Crippen LogP contribution >= 0.6 is 11.6 Å². The number of amides is 1. The number of benzene rings is 3. The first kappa shape index (κ1) is 19.5. The Balaban J connectivity index is 1.52. The lowest BCUT2D eigenvalue weighted by molar-refractivity contribution is 0.102. The van der Waals surface area contributed by atoms with Crippen molar-refractivity contribution in [3.8, 4) is 6.07 Å². The van der Waals surface area contributed by atoms with Gasteiger partial charge in [0.1, 0.15) is 5.82 Å². The minimum Gasteiger partial charge on any atom is -0.378 e. The first-order valence-electron chi connectivity index (χ1n) is 9.30. The van der Waals surface area contributed by atoms with Gasteiger partial charge in [0, 0.05) is 29.0 Å². The molecule has 0 saturated carbocycles. The second kappa shape index (κ2) is 8.27. The summed E-state index contributed by atoms with van der Waals surface area (Å²) in [7, 11) is 1.94. The number of carbonyl (C=O) groups is 1. The van der Waals surface area contributed by atoms with E-state index in [0.29, 0.717) is 28.4 Å². The molecule has 2 N–H and O–H groups in total. The van der Waals surface area contributed by atoms with Crippen molar-refractivity contribution in [1.82, 2.24) is 9.55 Å². The van der Waals surface area contributed by atoms with Crippen LogP contribution in [0.2, 0.25) is 5.02 Å². The third-order valence-corrected chi connectivity index (χ3v) is 5.02. The number of halogens is 1. The van der Waals surface area contributed by atoms with Crippen LogP contribution in [0.3, 0.4) is 0 Å². The van der Waals surface area contributed by atoms with E-state index in [2.05, 4.69) is 21.7 Å². The minimum atomic E-state index is -0.220. The Bertz CT molecular complexity index is 1270. The van der Waals surface area contributed by atoms with Gasteiger partial charge >= 0.3 is 0 Å². The van der Waals surface area contributed by atoms with E-state index >= 15 is 0 Å². The van der Waals surface area contributed by atoms with Crippen molar-refractivity contribution in [2.75, 3.05) is 10.6 Å². The number of nitrogens with one attached hydrogen (secondary N) is 2. The summed E-state index contributed by atoms with van der Waals surface area (Å²) in [5, 5.41) is 15.6. The van der Waals surface area contributed by atoms with E-state index in [0.717, 1.165) is 22.5 Å². The fourth-order valence-electron chi connectivity index (χ4n) is 3.16. The van der Waals surface area contributed by atoms with Crippen molar-refractivity contribution in [1.29, 1.82) is 5.26 Å². The number of fused-ring (bicyclic) bond motifs is 1. The highest BCUT2D eigenvalue weighted by atomic mass is 35.5. The molecule has 4 rings (SSSR count). The predicted octanol–water partition coefficient (Wildman–Crippen LogP) is 4.96. The fourth-order valence-corrected chi connectivity index (χ4v) is 3.35. The van der Waals surface area contributed by atoms with Crippen LogP contribution in [-0.2, 0) is 13.6 Å².